The van der Waals surface area contributed by atoms with Crippen molar-refractivity contribution in [3.63, 3.8) is 0 Å². The number of nitrogens with zero attached hydrogens (tertiary/aromatic N) is 1. The third-order valence-electron chi connectivity index (χ3n) is 3.73. The quantitative estimate of drug-likeness (QED) is 0.873. The van der Waals surface area contributed by atoms with Gasteiger partial charge in [-0.3, -0.25) is 0 Å². The summed E-state index contributed by atoms with van der Waals surface area (Å²) in [5.41, 5.74) is 5.97. The van der Waals surface area contributed by atoms with Gasteiger partial charge in [0.15, 0.2) is 0 Å². The average molecular weight is 248 g/mol. The van der Waals surface area contributed by atoms with Gasteiger partial charge in [0.25, 0.3) is 0 Å². The molecule has 1 aliphatic carbocycles. The zero-order valence-corrected chi connectivity index (χ0v) is 11.0. The molecule has 2 aromatic carbocycles. The van der Waals surface area contributed by atoms with Crippen molar-refractivity contribution >= 4 is 5.69 Å². The molecule has 0 aromatic heterocycles. The molecule has 3 rings (SSSR count). The molecule has 94 valence electrons. The number of nitriles is 1. The molecule has 0 saturated carbocycles. The molecule has 0 bridgehead atoms. The first-order valence-corrected chi connectivity index (χ1v) is 6.62. The molecule has 1 N–H and O–H groups in total. The molecule has 2 heteroatoms. The Balaban J connectivity index is 1.82. The Bertz CT molecular complexity index is 635. The summed E-state index contributed by atoms with van der Waals surface area (Å²) in [6.45, 7) is 2.14. The van der Waals surface area contributed by atoms with Crippen molar-refractivity contribution in [1.82, 2.24) is 0 Å². The van der Waals surface area contributed by atoms with Crippen LogP contribution in [-0.2, 0) is 6.42 Å². The van der Waals surface area contributed by atoms with Crippen LogP contribution in [0.15, 0.2) is 42.5 Å². The molecule has 2 aromatic rings. The van der Waals surface area contributed by atoms with E-state index in [0.29, 0.717) is 11.6 Å². The van der Waals surface area contributed by atoms with E-state index in [1.54, 1.807) is 0 Å². The predicted octanol–water partition coefficient (Wildman–Crippen LogP) is 3.97. The molecule has 1 atom stereocenters. The van der Waals surface area contributed by atoms with Gasteiger partial charge in [-0.2, -0.15) is 5.26 Å². The minimum Gasteiger partial charge on any atom is -0.378 e. The van der Waals surface area contributed by atoms with Crippen LogP contribution in [-0.4, -0.2) is 0 Å². The van der Waals surface area contributed by atoms with Gasteiger partial charge in [-0.25, -0.2) is 0 Å². The Kier molecular flexibility index (Phi) is 2.97. The van der Waals surface area contributed by atoms with E-state index < -0.39 is 0 Å². The number of hydrogen-bond acceptors (Lipinski definition) is 2. The number of aryl methyl sites for hydroxylation is 2. The van der Waals surface area contributed by atoms with Gasteiger partial charge in [-0.1, -0.05) is 23.8 Å². The van der Waals surface area contributed by atoms with E-state index in [1.165, 1.54) is 16.7 Å². The van der Waals surface area contributed by atoms with Crippen LogP contribution in [0.25, 0.3) is 0 Å². The Hall–Kier alpha value is -2.27. The van der Waals surface area contributed by atoms with Crippen LogP contribution in [0.2, 0.25) is 0 Å². The van der Waals surface area contributed by atoms with E-state index in [4.69, 9.17) is 5.26 Å². The van der Waals surface area contributed by atoms with Gasteiger partial charge in [0, 0.05) is 5.69 Å². The van der Waals surface area contributed by atoms with Gasteiger partial charge in [0.2, 0.25) is 0 Å². The normalized spacial score (nSPS) is 16.7. The van der Waals surface area contributed by atoms with Crippen molar-refractivity contribution < 1.29 is 0 Å². The van der Waals surface area contributed by atoms with Crippen molar-refractivity contribution in [2.45, 2.75) is 25.8 Å². The summed E-state index contributed by atoms with van der Waals surface area (Å²) in [5.74, 6) is 0. The fourth-order valence-corrected chi connectivity index (χ4v) is 2.71. The highest BCUT2D eigenvalue weighted by molar-refractivity contribution is 5.51. The molecular weight excluding hydrogens is 232 g/mol. The van der Waals surface area contributed by atoms with Gasteiger partial charge in [0.05, 0.1) is 17.7 Å². The van der Waals surface area contributed by atoms with Crippen LogP contribution in [0.3, 0.4) is 0 Å². The molecule has 0 aliphatic heterocycles. The molecule has 0 radical (unpaired) electrons. The van der Waals surface area contributed by atoms with Gasteiger partial charge in [-0.15, -0.1) is 0 Å². The van der Waals surface area contributed by atoms with Crippen molar-refractivity contribution in [3.8, 4) is 6.07 Å². The Morgan fingerprint density at radius 1 is 1.16 bits per heavy atom. The highest BCUT2D eigenvalue weighted by Crippen LogP contribution is 2.34. The maximum atomic E-state index is 8.80. The number of anilines is 1. The molecular formula is C17H16N2. The fraction of sp³-hybridized carbons (Fsp3) is 0.235. The van der Waals surface area contributed by atoms with E-state index in [1.807, 2.05) is 24.3 Å². The minimum atomic E-state index is 0.392. The monoisotopic (exact) mass is 248 g/mol. The van der Waals surface area contributed by atoms with E-state index in [-0.39, 0.29) is 0 Å². The summed E-state index contributed by atoms with van der Waals surface area (Å²) >= 11 is 0. The first-order valence-electron chi connectivity index (χ1n) is 6.62. The molecule has 19 heavy (non-hydrogen) atoms. The van der Waals surface area contributed by atoms with Gasteiger partial charge in [0.1, 0.15) is 0 Å². The van der Waals surface area contributed by atoms with Crippen molar-refractivity contribution in [1.29, 1.82) is 5.26 Å². The number of nitrogens with one attached hydrogen (secondary N) is 1. The van der Waals surface area contributed by atoms with E-state index in [9.17, 15) is 0 Å². The van der Waals surface area contributed by atoms with Crippen LogP contribution >= 0.6 is 0 Å². The summed E-state index contributed by atoms with van der Waals surface area (Å²) in [6.07, 6.45) is 2.28. The molecule has 0 spiro atoms. The highest BCUT2D eigenvalue weighted by Gasteiger charge is 2.21. The standard InChI is InChI=1S/C17H16N2/c1-12-2-5-14-6-9-17(16(14)10-12)19-15-7-3-13(11-18)4-8-15/h2-5,7-8,10,17,19H,6,9H2,1H3. The molecule has 1 unspecified atom stereocenters. The summed E-state index contributed by atoms with van der Waals surface area (Å²) in [5, 5.41) is 12.4. The van der Waals surface area contributed by atoms with Crippen molar-refractivity contribution in [2.24, 2.45) is 0 Å². The molecule has 0 amide bonds. The second-order valence-corrected chi connectivity index (χ2v) is 5.13. The Labute approximate surface area is 113 Å². The topological polar surface area (TPSA) is 35.8 Å². The third-order valence-corrected chi connectivity index (χ3v) is 3.73. The number of hydrogen-bond donors (Lipinski definition) is 1. The molecule has 2 nitrogen and oxygen atoms in total. The zero-order chi connectivity index (χ0) is 13.2. The van der Waals surface area contributed by atoms with Gasteiger partial charge < -0.3 is 5.32 Å². The largest absolute Gasteiger partial charge is 0.378 e. The maximum Gasteiger partial charge on any atom is 0.0991 e. The first-order chi connectivity index (χ1) is 9.26. The Morgan fingerprint density at radius 3 is 2.68 bits per heavy atom. The summed E-state index contributed by atoms with van der Waals surface area (Å²) in [4.78, 5) is 0. The Morgan fingerprint density at radius 2 is 1.95 bits per heavy atom. The lowest BCUT2D eigenvalue weighted by molar-refractivity contribution is 0.762. The number of rotatable bonds is 2. The summed E-state index contributed by atoms with van der Waals surface area (Å²) in [6, 6.07) is 16.9. The SMILES string of the molecule is Cc1ccc2c(c1)C(Nc1ccc(C#N)cc1)CC2. The summed E-state index contributed by atoms with van der Waals surface area (Å²) < 4.78 is 0. The molecule has 1 aliphatic rings. The van der Waals surface area contributed by atoms with Crippen LogP contribution in [0.4, 0.5) is 5.69 Å². The van der Waals surface area contributed by atoms with Gasteiger partial charge >= 0.3 is 0 Å². The first kappa shape index (κ1) is 11.8. The molecule has 0 heterocycles. The van der Waals surface area contributed by atoms with E-state index in [0.717, 1.165) is 18.5 Å². The van der Waals surface area contributed by atoms with Crippen LogP contribution in [0, 0.1) is 18.3 Å². The maximum absolute atomic E-state index is 8.80. The summed E-state index contributed by atoms with van der Waals surface area (Å²) in [7, 11) is 0. The average Bonchev–Trinajstić information content (AvgIpc) is 2.82. The second kappa shape index (κ2) is 4.78. The fourth-order valence-electron chi connectivity index (χ4n) is 2.71. The lowest BCUT2D eigenvalue weighted by Crippen LogP contribution is -2.07. The minimum absolute atomic E-state index is 0.392. The van der Waals surface area contributed by atoms with E-state index in [2.05, 4.69) is 36.5 Å². The highest BCUT2D eigenvalue weighted by atomic mass is 14.9. The van der Waals surface area contributed by atoms with Crippen molar-refractivity contribution in [2.75, 3.05) is 5.32 Å². The number of fused-ring (bicyclic) bond motifs is 1. The lowest BCUT2D eigenvalue weighted by Gasteiger charge is -2.16. The number of benzene rings is 2. The molecule has 0 fully saturated rings. The van der Waals surface area contributed by atoms with Crippen molar-refractivity contribution in [3.05, 3.63) is 64.7 Å². The third kappa shape index (κ3) is 2.32. The second-order valence-electron chi connectivity index (χ2n) is 5.13. The van der Waals surface area contributed by atoms with Crippen LogP contribution < -0.4 is 5.32 Å². The van der Waals surface area contributed by atoms with Crippen LogP contribution in [0.1, 0.15) is 34.7 Å². The molecule has 0 saturated heterocycles. The van der Waals surface area contributed by atoms with Crippen LogP contribution in [0.5, 0.6) is 0 Å². The predicted molar refractivity (Wildman–Crippen MR) is 77.0 cm³/mol. The smallest absolute Gasteiger partial charge is 0.0991 e. The lowest BCUT2D eigenvalue weighted by atomic mass is 10.0. The zero-order valence-electron chi connectivity index (χ0n) is 11.0. The van der Waals surface area contributed by atoms with Gasteiger partial charge in [-0.05, 0) is 55.2 Å². The van der Waals surface area contributed by atoms with E-state index >= 15 is 0 Å².